The minimum absolute atomic E-state index is 0.0488. The van der Waals surface area contributed by atoms with Crippen LogP contribution in [0.15, 0.2) is 42.6 Å². The molecule has 0 aliphatic rings. The summed E-state index contributed by atoms with van der Waals surface area (Å²) in [5.74, 6) is 0.620. The van der Waals surface area contributed by atoms with Crippen LogP contribution in [0, 0.1) is 0 Å². The van der Waals surface area contributed by atoms with Crippen molar-refractivity contribution in [3.8, 4) is 11.6 Å². The van der Waals surface area contributed by atoms with E-state index in [1.165, 1.54) is 17.0 Å². The van der Waals surface area contributed by atoms with Crippen molar-refractivity contribution < 1.29 is 23.0 Å². The Kier molecular flexibility index (Phi) is 7.34. The van der Waals surface area contributed by atoms with Crippen LogP contribution in [-0.2, 0) is 13.1 Å². The van der Waals surface area contributed by atoms with Gasteiger partial charge in [0.05, 0.1) is 6.10 Å². The molecule has 1 N–H and O–H groups in total. The molecular formula is C19H23F2N3O3. The number of pyridine rings is 1. The molecule has 0 saturated carbocycles. The lowest BCUT2D eigenvalue weighted by molar-refractivity contribution is -0.0498. The third-order valence-electron chi connectivity index (χ3n) is 3.51. The van der Waals surface area contributed by atoms with Crippen molar-refractivity contribution >= 4 is 6.03 Å². The van der Waals surface area contributed by atoms with Gasteiger partial charge >= 0.3 is 12.6 Å². The summed E-state index contributed by atoms with van der Waals surface area (Å²) < 4.78 is 34.1. The van der Waals surface area contributed by atoms with E-state index in [1.54, 1.807) is 31.4 Å². The number of halogens is 2. The predicted molar refractivity (Wildman–Crippen MR) is 96.8 cm³/mol. The largest absolute Gasteiger partial charge is 0.475 e. The Morgan fingerprint density at radius 2 is 1.78 bits per heavy atom. The summed E-state index contributed by atoms with van der Waals surface area (Å²) in [6.45, 7) is 1.65. The first-order valence-electron chi connectivity index (χ1n) is 8.48. The molecule has 8 heteroatoms. The second-order valence-corrected chi connectivity index (χ2v) is 6.21. The summed E-state index contributed by atoms with van der Waals surface area (Å²) in [6, 6.07) is 9.50. The van der Waals surface area contributed by atoms with Crippen LogP contribution in [0.4, 0.5) is 13.6 Å². The molecule has 0 atom stereocenters. The van der Waals surface area contributed by atoms with Crippen LogP contribution in [0.1, 0.15) is 25.0 Å². The zero-order valence-electron chi connectivity index (χ0n) is 15.5. The summed E-state index contributed by atoms with van der Waals surface area (Å²) in [5, 5.41) is 2.80. The van der Waals surface area contributed by atoms with E-state index in [0.717, 1.165) is 11.1 Å². The number of ether oxygens (including phenoxy) is 2. The normalized spacial score (nSPS) is 10.8. The SMILES string of the molecule is CC(C)Oc1ccc(CNC(=O)N(C)Cc2ccc(OC(F)F)cc2)cn1. The molecule has 0 spiro atoms. The number of carbonyl (C=O) groups excluding carboxylic acids is 1. The molecular weight excluding hydrogens is 356 g/mol. The molecule has 2 rings (SSSR count). The summed E-state index contributed by atoms with van der Waals surface area (Å²) in [7, 11) is 1.65. The predicted octanol–water partition coefficient (Wildman–Crippen LogP) is 3.81. The molecule has 6 nitrogen and oxygen atoms in total. The fourth-order valence-electron chi connectivity index (χ4n) is 2.26. The third kappa shape index (κ3) is 7.08. The minimum Gasteiger partial charge on any atom is -0.475 e. The van der Waals surface area contributed by atoms with Crippen molar-refractivity contribution in [3.63, 3.8) is 0 Å². The lowest BCUT2D eigenvalue weighted by Crippen LogP contribution is -2.36. The molecule has 1 heterocycles. The van der Waals surface area contributed by atoms with Crippen molar-refractivity contribution in [1.82, 2.24) is 15.2 Å². The van der Waals surface area contributed by atoms with Gasteiger partial charge in [0.2, 0.25) is 5.88 Å². The summed E-state index contributed by atoms with van der Waals surface area (Å²) >= 11 is 0. The lowest BCUT2D eigenvalue weighted by atomic mass is 10.2. The topological polar surface area (TPSA) is 63.7 Å². The van der Waals surface area contributed by atoms with Crippen LogP contribution in [0.3, 0.4) is 0 Å². The van der Waals surface area contributed by atoms with Crippen molar-refractivity contribution in [2.75, 3.05) is 7.05 Å². The fraction of sp³-hybridized carbons (Fsp3) is 0.368. The number of hydrogen-bond acceptors (Lipinski definition) is 4. The number of benzene rings is 1. The molecule has 2 aromatic rings. The highest BCUT2D eigenvalue weighted by Gasteiger charge is 2.10. The maximum absolute atomic E-state index is 12.2. The van der Waals surface area contributed by atoms with Gasteiger partial charge in [-0.3, -0.25) is 0 Å². The Morgan fingerprint density at radius 1 is 1.11 bits per heavy atom. The molecule has 2 amide bonds. The van der Waals surface area contributed by atoms with Gasteiger partial charge in [0.25, 0.3) is 0 Å². The van der Waals surface area contributed by atoms with E-state index in [9.17, 15) is 13.6 Å². The van der Waals surface area contributed by atoms with Crippen LogP contribution in [-0.4, -0.2) is 35.7 Å². The van der Waals surface area contributed by atoms with Gasteiger partial charge in [0.15, 0.2) is 0 Å². The van der Waals surface area contributed by atoms with Gasteiger partial charge in [0, 0.05) is 32.4 Å². The number of carbonyl (C=O) groups is 1. The smallest absolute Gasteiger partial charge is 0.387 e. The first-order chi connectivity index (χ1) is 12.8. The summed E-state index contributed by atoms with van der Waals surface area (Å²) in [4.78, 5) is 17.9. The Balaban J connectivity index is 1.81. The van der Waals surface area contributed by atoms with Crippen LogP contribution < -0.4 is 14.8 Å². The zero-order chi connectivity index (χ0) is 19.8. The van der Waals surface area contributed by atoms with E-state index in [1.807, 2.05) is 19.9 Å². The van der Waals surface area contributed by atoms with Gasteiger partial charge in [-0.25, -0.2) is 9.78 Å². The molecule has 0 radical (unpaired) electrons. The van der Waals surface area contributed by atoms with Crippen molar-refractivity contribution in [2.24, 2.45) is 0 Å². The number of hydrogen-bond donors (Lipinski definition) is 1. The van der Waals surface area contributed by atoms with Gasteiger partial charge in [-0.2, -0.15) is 8.78 Å². The Morgan fingerprint density at radius 3 is 2.33 bits per heavy atom. The lowest BCUT2D eigenvalue weighted by Gasteiger charge is -2.18. The van der Waals surface area contributed by atoms with Gasteiger partial charge in [-0.05, 0) is 37.1 Å². The standard InChI is InChI=1S/C19H23F2N3O3/c1-13(2)26-17-9-6-15(10-22-17)11-23-19(25)24(3)12-14-4-7-16(8-5-14)27-18(20)21/h4-10,13,18H,11-12H2,1-3H3,(H,23,25). The Labute approximate surface area is 157 Å². The molecule has 0 unspecified atom stereocenters. The quantitative estimate of drug-likeness (QED) is 0.758. The number of amides is 2. The Bertz CT molecular complexity index is 722. The molecule has 0 bridgehead atoms. The molecule has 0 fully saturated rings. The molecule has 27 heavy (non-hydrogen) atoms. The average Bonchev–Trinajstić information content (AvgIpc) is 2.61. The number of aromatic nitrogens is 1. The van der Waals surface area contributed by atoms with E-state index in [0.29, 0.717) is 19.0 Å². The van der Waals surface area contributed by atoms with E-state index in [4.69, 9.17) is 4.74 Å². The van der Waals surface area contributed by atoms with Gasteiger partial charge < -0.3 is 19.7 Å². The molecule has 0 aliphatic carbocycles. The van der Waals surface area contributed by atoms with Crippen molar-refractivity contribution in [2.45, 2.75) is 39.7 Å². The number of nitrogens with one attached hydrogen (secondary N) is 1. The van der Waals surface area contributed by atoms with Crippen LogP contribution in [0.2, 0.25) is 0 Å². The van der Waals surface area contributed by atoms with Crippen LogP contribution >= 0.6 is 0 Å². The molecule has 1 aromatic heterocycles. The first kappa shape index (κ1) is 20.4. The number of nitrogens with zero attached hydrogens (tertiary/aromatic N) is 2. The first-order valence-corrected chi connectivity index (χ1v) is 8.48. The van der Waals surface area contributed by atoms with E-state index < -0.39 is 6.61 Å². The second-order valence-electron chi connectivity index (χ2n) is 6.21. The molecule has 0 aliphatic heterocycles. The van der Waals surface area contributed by atoms with E-state index in [2.05, 4.69) is 15.0 Å². The average molecular weight is 379 g/mol. The van der Waals surface area contributed by atoms with Crippen LogP contribution in [0.25, 0.3) is 0 Å². The second kappa shape index (κ2) is 9.70. The fourth-order valence-corrected chi connectivity index (χ4v) is 2.26. The minimum atomic E-state index is -2.86. The molecule has 0 saturated heterocycles. The van der Waals surface area contributed by atoms with E-state index >= 15 is 0 Å². The number of alkyl halides is 2. The number of urea groups is 1. The van der Waals surface area contributed by atoms with Gasteiger partial charge in [-0.15, -0.1) is 0 Å². The van der Waals surface area contributed by atoms with Crippen molar-refractivity contribution in [3.05, 3.63) is 53.7 Å². The van der Waals surface area contributed by atoms with Crippen LogP contribution in [0.5, 0.6) is 11.6 Å². The maximum atomic E-state index is 12.2. The molecule has 1 aromatic carbocycles. The third-order valence-corrected chi connectivity index (χ3v) is 3.51. The van der Waals surface area contributed by atoms with Crippen molar-refractivity contribution in [1.29, 1.82) is 0 Å². The Hall–Kier alpha value is -2.90. The highest BCUT2D eigenvalue weighted by Crippen LogP contribution is 2.16. The van der Waals surface area contributed by atoms with Gasteiger partial charge in [0.1, 0.15) is 5.75 Å². The summed E-state index contributed by atoms with van der Waals surface area (Å²) in [5.41, 5.74) is 1.65. The highest BCUT2D eigenvalue weighted by molar-refractivity contribution is 5.73. The number of rotatable bonds is 8. The van der Waals surface area contributed by atoms with Gasteiger partial charge in [-0.1, -0.05) is 18.2 Å². The summed E-state index contributed by atoms with van der Waals surface area (Å²) in [6.07, 6.45) is 1.70. The zero-order valence-corrected chi connectivity index (χ0v) is 15.5. The van der Waals surface area contributed by atoms with E-state index in [-0.39, 0.29) is 17.9 Å². The molecule has 146 valence electrons. The highest BCUT2D eigenvalue weighted by atomic mass is 19.3. The monoisotopic (exact) mass is 379 g/mol. The maximum Gasteiger partial charge on any atom is 0.387 e.